The van der Waals surface area contributed by atoms with Crippen LogP contribution in [0.5, 0.6) is 0 Å². The Kier molecular flexibility index (Phi) is 6.48. The lowest BCUT2D eigenvalue weighted by atomic mass is 10.2. The molecule has 0 amide bonds. The third-order valence-electron chi connectivity index (χ3n) is 3.63. The Morgan fingerprint density at radius 3 is 2.56 bits per heavy atom. The molecule has 1 aromatic heterocycles. The number of aromatic nitrogens is 1. The fraction of sp³-hybridized carbons (Fsp3) is 0.222. The van der Waals surface area contributed by atoms with Crippen LogP contribution in [0.25, 0.3) is 10.2 Å². The van der Waals surface area contributed by atoms with Gasteiger partial charge in [-0.25, -0.2) is 4.98 Å². The molecule has 27 heavy (non-hydrogen) atoms. The van der Waals surface area contributed by atoms with Crippen LogP contribution in [0.15, 0.2) is 58.4 Å². The number of hydrogen-bond donors (Lipinski definition) is 2. The third kappa shape index (κ3) is 5.77. The van der Waals surface area contributed by atoms with Crippen molar-refractivity contribution in [3.63, 3.8) is 0 Å². The number of fused-ring (bicyclic) bond motifs is 1. The first-order valence-corrected chi connectivity index (χ1v) is 11.5. The molecule has 1 aliphatic rings. The summed E-state index contributed by atoms with van der Waals surface area (Å²) in [5.41, 5.74) is 2.06. The fourth-order valence-corrected chi connectivity index (χ4v) is 4.66. The predicted octanol–water partition coefficient (Wildman–Crippen LogP) is 3.73. The van der Waals surface area contributed by atoms with Crippen molar-refractivity contribution in [1.29, 1.82) is 0 Å². The van der Waals surface area contributed by atoms with E-state index in [-0.39, 0.29) is 4.90 Å². The summed E-state index contributed by atoms with van der Waals surface area (Å²) < 4.78 is 30.8. The first-order valence-electron chi connectivity index (χ1n) is 8.21. The number of benzene rings is 2. The number of para-hydroxylation sites is 1. The van der Waals surface area contributed by atoms with Crippen LogP contribution in [0.3, 0.4) is 0 Å². The standard InChI is InChI=1S/C11H11N3S2.C7H8O3S/c1-2-4-9-8(3-1)14-10(16-9)7-15-11-12-5-6-13-11;1-6-2-4-7(5-3-6)11(8,9)10/h1-4H,5-7H2,(H,12,13);2-5H,1H3,(H,8,9,10). The molecule has 0 atom stereocenters. The zero-order valence-corrected chi connectivity index (χ0v) is 17.1. The molecule has 0 saturated heterocycles. The number of hydrogen-bond acceptors (Lipinski definition) is 7. The molecule has 1 aliphatic heterocycles. The Labute approximate surface area is 166 Å². The van der Waals surface area contributed by atoms with E-state index in [0.717, 1.165) is 35.1 Å². The molecular weight excluding hydrogens is 402 g/mol. The van der Waals surface area contributed by atoms with Crippen molar-refractivity contribution in [2.24, 2.45) is 4.99 Å². The van der Waals surface area contributed by atoms with Crippen molar-refractivity contribution in [1.82, 2.24) is 10.3 Å². The van der Waals surface area contributed by atoms with E-state index in [2.05, 4.69) is 33.5 Å². The average molecular weight is 422 g/mol. The molecule has 4 rings (SSSR count). The van der Waals surface area contributed by atoms with Gasteiger partial charge in [-0.15, -0.1) is 11.3 Å². The maximum atomic E-state index is 10.5. The Morgan fingerprint density at radius 1 is 1.19 bits per heavy atom. The summed E-state index contributed by atoms with van der Waals surface area (Å²) in [7, 11) is -4.02. The first kappa shape index (κ1) is 19.8. The molecule has 0 unspecified atom stereocenters. The van der Waals surface area contributed by atoms with Gasteiger partial charge in [-0.05, 0) is 31.2 Å². The number of thioether (sulfide) groups is 1. The second-order valence-electron chi connectivity index (χ2n) is 5.77. The van der Waals surface area contributed by atoms with Gasteiger partial charge in [0.1, 0.15) is 5.01 Å². The second kappa shape index (κ2) is 8.83. The van der Waals surface area contributed by atoms with Gasteiger partial charge in [0, 0.05) is 6.54 Å². The van der Waals surface area contributed by atoms with Gasteiger partial charge in [0.05, 0.1) is 27.4 Å². The van der Waals surface area contributed by atoms with Crippen LogP contribution in [0.2, 0.25) is 0 Å². The molecule has 0 spiro atoms. The summed E-state index contributed by atoms with van der Waals surface area (Å²) in [6, 6.07) is 14.3. The molecule has 9 heteroatoms. The summed E-state index contributed by atoms with van der Waals surface area (Å²) in [6.07, 6.45) is 0. The van der Waals surface area contributed by atoms with Gasteiger partial charge in [0.15, 0.2) is 5.17 Å². The Hall–Kier alpha value is -1.94. The minimum atomic E-state index is -4.02. The summed E-state index contributed by atoms with van der Waals surface area (Å²) in [6.45, 7) is 3.72. The van der Waals surface area contributed by atoms with Gasteiger partial charge in [-0.3, -0.25) is 9.55 Å². The molecule has 0 saturated carbocycles. The maximum Gasteiger partial charge on any atom is 0.294 e. The Balaban J connectivity index is 0.000000168. The van der Waals surface area contributed by atoms with Gasteiger partial charge >= 0.3 is 0 Å². The largest absolute Gasteiger partial charge is 0.363 e. The number of aryl methyl sites for hydroxylation is 1. The molecule has 2 N–H and O–H groups in total. The van der Waals surface area contributed by atoms with Gasteiger partial charge in [-0.2, -0.15) is 8.42 Å². The van der Waals surface area contributed by atoms with Crippen LogP contribution >= 0.6 is 23.1 Å². The van der Waals surface area contributed by atoms with Crippen molar-refractivity contribution in [3.05, 3.63) is 59.1 Å². The highest BCUT2D eigenvalue weighted by molar-refractivity contribution is 8.13. The topological polar surface area (TPSA) is 91.7 Å². The van der Waals surface area contributed by atoms with Crippen LogP contribution in [0, 0.1) is 6.92 Å². The molecule has 0 fully saturated rings. The molecule has 3 aromatic rings. The van der Waals surface area contributed by atoms with Crippen LogP contribution in [0.1, 0.15) is 10.6 Å². The minimum Gasteiger partial charge on any atom is -0.363 e. The molecule has 142 valence electrons. The number of thiazole rings is 1. The van der Waals surface area contributed by atoms with E-state index < -0.39 is 10.1 Å². The Bertz CT molecular complexity index is 1010. The highest BCUT2D eigenvalue weighted by Gasteiger charge is 2.08. The normalized spacial score (nSPS) is 13.6. The third-order valence-corrected chi connectivity index (χ3v) is 6.68. The van der Waals surface area contributed by atoms with E-state index in [1.54, 1.807) is 35.2 Å². The summed E-state index contributed by atoms with van der Waals surface area (Å²) in [5, 5.41) is 5.47. The monoisotopic (exact) mass is 421 g/mol. The summed E-state index contributed by atoms with van der Waals surface area (Å²) in [4.78, 5) is 8.87. The van der Waals surface area contributed by atoms with Crippen LogP contribution in [-0.4, -0.2) is 36.2 Å². The van der Waals surface area contributed by atoms with Gasteiger partial charge in [0.25, 0.3) is 10.1 Å². The molecule has 2 heterocycles. The van der Waals surface area contributed by atoms with Crippen LogP contribution < -0.4 is 5.32 Å². The van der Waals surface area contributed by atoms with Crippen LogP contribution in [-0.2, 0) is 15.9 Å². The number of aliphatic imine (C=N–C) groups is 1. The van der Waals surface area contributed by atoms with Crippen molar-refractivity contribution in [2.45, 2.75) is 17.6 Å². The lowest BCUT2D eigenvalue weighted by Gasteiger charge is -1.97. The highest BCUT2D eigenvalue weighted by atomic mass is 32.2. The summed E-state index contributed by atoms with van der Waals surface area (Å²) >= 11 is 3.51. The van der Waals surface area contributed by atoms with E-state index in [1.807, 2.05) is 13.0 Å². The summed E-state index contributed by atoms with van der Waals surface area (Å²) in [5.74, 6) is 0.908. The van der Waals surface area contributed by atoms with Crippen molar-refractivity contribution < 1.29 is 13.0 Å². The van der Waals surface area contributed by atoms with Crippen LogP contribution in [0.4, 0.5) is 0 Å². The van der Waals surface area contributed by atoms with Gasteiger partial charge < -0.3 is 5.32 Å². The number of rotatable bonds is 3. The van der Waals surface area contributed by atoms with Crippen molar-refractivity contribution >= 4 is 48.6 Å². The molecular formula is C18H19N3O3S3. The zero-order chi connectivity index (χ0) is 19.3. The quantitative estimate of drug-likeness (QED) is 0.626. The zero-order valence-electron chi connectivity index (χ0n) is 14.6. The Morgan fingerprint density at radius 2 is 1.93 bits per heavy atom. The lowest BCUT2D eigenvalue weighted by Crippen LogP contribution is -2.14. The molecule has 0 radical (unpaired) electrons. The fourth-order valence-electron chi connectivity index (χ4n) is 2.29. The first-order chi connectivity index (χ1) is 12.9. The van der Waals surface area contributed by atoms with E-state index in [1.165, 1.54) is 21.8 Å². The maximum absolute atomic E-state index is 10.5. The van der Waals surface area contributed by atoms with E-state index >= 15 is 0 Å². The lowest BCUT2D eigenvalue weighted by molar-refractivity contribution is 0.483. The number of nitrogens with one attached hydrogen (secondary N) is 1. The predicted molar refractivity (Wildman–Crippen MR) is 112 cm³/mol. The van der Waals surface area contributed by atoms with E-state index in [0.29, 0.717) is 0 Å². The molecule has 6 nitrogen and oxygen atoms in total. The minimum absolute atomic E-state index is 0.0666. The SMILES string of the molecule is Cc1ccc(S(=O)(=O)O)cc1.c1ccc2sc(CSC3=NCCN3)nc2c1. The van der Waals surface area contributed by atoms with E-state index in [4.69, 9.17) is 4.55 Å². The molecule has 0 bridgehead atoms. The van der Waals surface area contributed by atoms with Gasteiger partial charge in [0.2, 0.25) is 0 Å². The average Bonchev–Trinajstić information content (AvgIpc) is 3.29. The molecule has 0 aliphatic carbocycles. The number of nitrogens with zero attached hydrogens (tertiary/aromatic N) is 2. The van der Waals surface area contributed by atoms with Crippen molar-refractivity contribution in [2.75, 3.05) is 13.1 Å². The van der Waals surface area contributed by atoms with Gasteiger partial charge in [-0.1, -0.05) is 41.6 Å². The number of amidine groups is 1. The van der Waals surface area contributed by atoms with E-state index in [9.17, 15) is 8.42 Å². The second-order valence-corrected chi connectivity index (χ2v) is 9.27. The highest BCUT2D eigenvalue weighted by Crippen LogP contribution is 2.25. The van der Waals surface area contributed by atoms with Crippen molar-refractivity contribution in [3.8, 4) is 0 Å². The molecule has 2 aromatic carbocycles. The smallest absolute Gasteiger partial charge is 0.294 e.